The first-order chi connectivity index (χ1) is 16.1. The first-order valence-corrected chi connectivity index (χ1v) is 14.3. The van der Waals surface area contributed by atoms with Crippen LogP contribution in [-0.4, -0.2) is 28.1 Å². The Hall–Kier alpha value is -1.16. The highest BCUT2D eigenvalue weighted by Gasteiger charge is 2.70. The van der Waals surface area contributed by atoms with Gasteiger partial charge in [-0.2, -0.15) is 0 Å². The van der Waals surface area contributed by atoms with E-state index in [0.717, 1.165) is 51.4 Å². The van der Waals surface area contributed by atoms with Gasteiger partial charge in [-0.15, -0.1) is 0 Å². The van der Waals surface area contributed by atoms with E-state index in [9.17, 15) is 19.8 Å². The highest BCUT2D eigenvalue weighted by Crippen LogP contribution is 2.75. The molecule has 0 bridgehead atoms. The van der Waals surface area contributed by atoms with Gasteiger partial charge in [0.05, 0.1) is 12.5 Å². The third-order valence-corrected chi connectivity index (χ3v) is 13.4. The maximum absolute atomic E-state index is 14.3. The molecule has 0 aromatic rings. The summed E-state index contributed by atoms with van der Waals surface area (Å²) in [6.07, 6.45) is 9.70. The summed E-state index contributed by atoms with van der Waals surface area (Å²) in [4.78, 5) is 26.4. The second kappa shape index (κ2) is 7.68. The summed E-state index contributed by atoms with van der Waals surface area (Å²) >= 11 is 0. The van der Waals surface area contributed by atoms with Gasteiger partial charge in [0.2, 0.25) is 0 Å². The van der Waals surface area contributed by atoms with Crippen LogP contribution in [0.4, 0.5) is 0 Å². The van der Waals surface area contributed by atoms with E-state index in [1.165, 1.54) is 5.57 Å². The molecule has 0 spiro atoms. The average Bonchev–Trinajstić information content (AvgIpc) is 2.75. The molecule has 0 radical (unpaired) electrons. The van der Waals surface area contributed by atoms with Crippen LogP contribution in [0.2, 0.25) is 0 Å². The van der Waals surface area contributed by atoms with Crippen molar-refractivity contribution < 1.29 is 19.8 Å². The van der Waals surface area contributed by atoms with Crippen molar-refractivity contribution in [3.8, 4) is 0 Å². The molecule has 0 amide bonds. The summed E-state index contributed by atoms with van der Waals surface area (Å²) in [6.45, 7) is 16.3. The van der Waals surface area contributed by atoms with E-state index in [-0.39, 0.29) is 57.2 Å². The zero-order chi connectivity index (χ0) is 25.8. The van der Waals surface area contributed by atoms with Crippen LogP contribution >= 0.6 is 0 Å². The highest BCUT2D eigenvalue weighted by atomic mass is 16.4. The Bertz CT molecular complexity index is 965. The number of aliphatic hydroxyl groups is 1. The van der Waals surface area contributed by atoms with Crippen LogP contribution in [-0.2, 0) is 9.59 Å². The Morgan fingerprint density at radius 1 is 0.971 bits per heavy atom. The summed E-state index contributed by atoms with van der Waals surface area (Å²) in [5.74, 6) is 1.01. The van der Waals surface area contributed by atoms with E-state index >= 15 is 0 Å². The topological polar surface area (TPSA) is 74.6 Å². The number of allylic oxidation sites excluding steroid dienone is 2. The van der Waals surface area contributed by atoms with E-state index in [0.29, 0.717) is 17.8 Å². The molecule has 5 aliphatic rings. The second-order valence-corrected chi connectivity index (χ2v) is 14.9. The van der Waals surface area contributed by atoms with Crippen LogP contribution in [0.3, 0.4) is 0 Å². The Kier molecular flexibility index (Phi) is 5.59. The number of ketones is 1. The number of carbonyl (C=O) groups is 2. The lowest BCUT2D eigenvalue weighted by atomic mass is 9.33. The van der Waals surface area contributed by atoms with Crippen LogP contribution in [0, 0.1) is 56.7 Å². The molecule has 0 heterocycles. The predicted molar refractivity (Wildman–Crippen MR) is 138 cm³/mol. The van der Waals surface area contributed by atoms with Gasteiger partial charge in [-0.05, 0) is 108 Å². The Balaban J connectivity index is 1.65. The summed E-state index contributed by atoms with van der Waals surface area (Å²) in [6, 6.07) is 0. The monoisotopic (exact) mass is 484 g/mol. The zero-order valence-corrected chi connectivity index (χ0v) is 23.1. The lowest BCUT2D eigenvalue weighted by Crippen LogP contribution is -2.67. The molecule has 4 heteroatoms. The van der Waals surface area contributed by atoms with E-state index in [4.69, 9.17) is 0 Å². The lowest BCUT2D eigenvalue weighted by molar-refractivity contribution is -0.203. The third-order valence-electron chi connectivity index (χ3n) is 13.4. The Morgan fingerprint density at radius 2 is 1.66 bits per heavy atom. The fourth-order valence-electron chi connectivity index (χ4n) is 11.1. The smallest absolute Gasteiger partial charge is 0.303 e. The number of hydrogen-bond donors (Lipinski definition) is 2. The number of hydrogen-bond acceptors (Lipinski definition) is 3. The van der Waals surface area contributed by atoms with Crippen LogP contribution in [0.5, 0.6) is 0 Å². The molecule has 4 fully saturated rings. The number of aliphatic hydroxyl groups excluding tert-OH is 1. The molecular weight excluding hydrogens is 436 g/mol. The SMILES string of the molecule is C[C@H]1[C@H](C)CC[C@]2(CC(=O)O)CC[C@]3(C)C(=CC(=O)[C@@H]4[C@@]5(C)CC[C@H](O)C(C)(C)[C@@H]5CC[C@]43C)[C@H]12. The number of carbonyl (C=O) groups excluding carboxylic acids is 1. The molecule has 4 nitrogen and oxygen atoms in total. The van der Waals surface area contributed by atoms with Gasteiger partial charge in [-0.3, -0.25) is 9.59 Å². The number of rotatable bonds is 2. The van der Waals surface area contributed by atoms with Gasteiger partial charge in [-0.1, -0.05) is 54.0 Å². The molecule has 0 aliphatic heterocycles. The molecule has 5 rings (SSSR count). The van der Waals surface area contributed by atoms with Gasteiger partial charge in [0.25, 0.3) is 0 Å². The van der Waals surface area contributed by atoms with Crippen LogP contribution in [0.15, 0.2) is 11.6 Å². The Morgan fingerprint density at radius 3 is 2.31 bits per heavy atom. The molecule has 10 atom stereocenters. The quantitative estimate of drug-likeness (QED) is 0.460. The minimum atomic E-state index is -0.691. The summed E-state index contributed by atoms with van der Waals surface area (Å²) in [5, 5.41) is 20.8. The maximum Gasteiger partial charge on any atom is 0.303 e. The molecule has 35 heavy (non-hydrogen) atoms. The summed E-state index contributed by atoms with van der Waals surface area (Å²) in [7, 11) is 0. The fourth-order valence-corrected chi connectivity index (χ4v) is 11.1. The van der Waals surface area contributed by atoms with Gasteiger partial charge >= 0.3 is 5.97 Å². The first kappa shape index (κ1) is 25.5. The molecule has 196 valence electrons. The van der Waals surface area contributed by atoms with Crippen LogP contribution in [0.1, 0.15) is 106 Å². The first-order valence-electron chi connectivity index (χ1n) is 14.3. The van der Waals surface area contributed by atoms with Crippen molar-refractivity contribution >= 4 is 11.8 Å². The normalized spacial score (nSPS) is 52.9. The molecule has 0 aromatic heterocycles. The summed E-state index contributed by atoms with van der Waals surface area (Å²) in [5.41, 5.74) is 0.565. The largest absolute Gasteiger partial charge is 0.481 e. The number of carboxylic acid groups (broad SMARTS) is 1. The molecule has 5 aliphatic carbocycles. The van der Waals surface area contributed by atoms with E-state index in [1.54, 1.807) is 0 Å². The lowest BCUT2D eigenvalue weighted by Gasteiger charge is -2.70. The van der Waals surface area contributed by atoms with Gasteiger partial charge in [0.1, 0.15) is 0 Å². The molecule has 0 saturated heterocycles. The van der Waals surface area contributed by atoms with Crippen molar-refractivity contribution in [3.63, 3.8) is 0 Å². The van der Waals surface area contributed by atoms with Crippen molar-refractivity contribution in [2.45, 2.75) is 112 Å². The number of aliphatic carboxylic acids is 1. The molecule has 0 unspecified atom stereocenters. The van der Waals surface area contributed by atoms with E-state index in [1.807, 2.05) is 6.08 Å². The van der Waals surface area contributed by atoms with Crippen LogP contribution < -0.4 is 0 Å². The minimum Gasteiger partial charge on any atom is -0.481 e. The van der Waals surface area contributed by atoms with Crippen molar-refractivity contribution in [2.24, 2.45) is 56.7 Å². The maximum atomic E-state index is 14.3. The highest BCUT2D eigenvalue weighted by molar-refractivity contribution is 5.95. The number of carboxylic acids is 1. The molecule has 4 saturated carbocycles. The zero-order valence-electron chi connectivity index (χ0n) is 23.1. The van der Waals surface area contributed by atoms with Gasteiger partial charge in [0.15, 0.2) is 5.78 Å². The van der Waals surface area contributed by atoms with Gasteiger partial charge < -0.3 is 10.2 Å². The third kappa shape index (κ3) is 3.13. The number of fused-ring (bicyclic) bond motifs is 7. The average molecular weight is 485 g/mol. The van der Waals surface area contributed by atoms with Crippen molar-refractivity contribution in [1.82, 2.24) is 0 Å². The minimum absolute atomic E-state index is 0.0300. The van der Waals surface area contributed by atoms with Gasteiger partial charge in [-0.25, -0.2) is 0 Å². The van der Waals surface area contributed by atoms with E-state index < -0.39 is 5.97 Å². The van der Waals surface area contributed by atoms with Gasteiger partial charge in [0, 0.05) is 5.92 Å². The van der Waals surface area contributed by atoms with E-state index in [2.05, 4.69) is 48.5 Å². The summed E-state index contributed by atoms with van der Waals surface area (Å²) < 4.78 is 0. The van der Waals surface area contributed by atoms with Crippen molar-refractivity contribution in [3.05, 3.63) is 11.6 Å². The van der Waals surface area contributed by atoms with Crippen molar-refractivity contribution in [1.29, 1.82) is 0 Å². The molecular formula is C31H48O4. The molecule has 0 aromatic carbocycles. The second-order valence-electron chi connectivity index (χ2n) is 14.9. The van der Waals surface area contributed by atoms with Crippen LogP contribution in [0.25, 0.3) is 0 Å². The standard InChI is InChI=1S/C31H48O4/c1-18-8-13-31(17-24(34)35)15-14-29(6)20(25(31)19(18)2)16-21(32)26-28(5)11-10-23(33)27(3,4)22(28)9-12-30(26,29)7/h16,18-19,22-23,25-26,33H,8-15,17H2,1-7H3,(H,34,35)/t18-,19+,22+,23+,25+,26-,28+,29-,30-,31-/m1/s1. The fraction of sp³-hybridized carbons (Fsp3) is 0.871. The molecule has 2 N–H and O–H groups in total. The van der Waals surface area contributed by atoms with Crippen molar-refractivity contribution in [2.75, 3.05) is 0 Å². The Labute approximate surface area is 212 Å². The predicted octanol–water partition coefficient (Wildman–Crippen LogP) is 6.66.